The molecule has 0 atom stereocenters. The predicted molar refractivity (Wildman–Crippen MR) is 101 cm³/mol. The first-order valence-electron chi connectivity index (χ1n) is 8.80. The molecule has 1 N–H and O–H groups in total. The molecule has 6 nitrogen and oxygen atoms in total. The minimum absolute atomic E-state index is 0.146. The maximum absolute atomic E-state index is 13.4. The first-order valence-corrected chi connectivity index (χ1v) is 10.2. The highest BCUT2D eigenvalue weighted by atomic mass is 32.2. The number of hydrogen-bond acceptors (Lipinski definition) is 4. The molecule has 3 rings (SSSR count). The van der Waals surface area contributed by atoms with Crippen LogP contribution in [0.3, 0.4) is 0 Å². The number of sulfonamides is 1. The number of amides is 1. The molecule has 0 unspecified atom stereocenters. The van der Waals surface area contributed by atoms with E-state index in [0.29, 0.717) is 24.8 Å². The van der Waals surface area contributed by atoms with E-state index in [1.165, 1.54) is 4.31 Å². The molecule has 1 amide bonds. The summed E-state index contributed by atoms with van der Waals surface area (Å²) in [4.78, 5) is 13.7. The van der Waals surface area contributed by atoms with Crippen molar-refractivity contribution in [3.05, 3.63) is 59.7 Å². The molecule has 28 heavy (non-hydrogen) atoms. The number of benzene rings is 2. The predicted octanol–water partition coefficient (Wildman–Crippen LogP) is 2.22. The summed E-state index contributed by atoms with van der Waals surface area (Å²) in [5, 5.41) is 2.81. The lowest BCUT2D eigenvalue weighted by Crippen LogP contribution is -2.50. The lowest BCUT2D eigenvalue weighted by atomic mass is 10.2. The SMILES string of the molecule is Cc1ccc(NC(=O)CN2CCN(S(=O)(=O)c3ccc(F)c(F)c3)CC2)cc1. The third-order valence-electron chi connectivity index (χ3n) is 4.56. The van der Waals surface area contributed by atoms with Crippen molar-refractivity contribution in [3.8, 4) is 0 Å². The third-order valence-corrected chi connectivity index (χ3v) is 6.46. The molecule has 9 heteroatoms. The summed E-state index contributed by atoms with van der Waals surface area (Å²) in [7, 11) is -3.91. The van der Waals surface area contributed by atoms with Gasteiger partial charge in [-0.2, -0.15) is 4.31 Å². The molecule has 0 aromatic heterocycles. The second kappa shape index (κ2) is 8.34. The Hall–Kier alpha value is -2.36. The standard InChI is InChI=1S/C19H21F2N3O3S/c1-14-2-4-15(5-3-14)22-19(25)13-23-8-10-24(11-9-23)28(26,27)16-6-7-17(20)18(21)12-16/h2-7,12H,8-11,13H2,1H3,(H,22,25). The van der Waals surface area contributed by atoms with Crippen molar-refractivity contribution in [1.82, 2.24) is 9.21 Å². The van der Waals surface area contributed by atoms with E-state index in [1.54, 1.807) is 0 Å². The molecule has 150 valence electrons. The van der Waals surface area contributed by atoms with Crippen LogP contribution in [-0.4, -0.2) is 56.3 Å². The van der Waals surface area contributed by atoms with E-state index < -0.39 is 21.7 Å². The topological polar surface area (TPSA) is 69.7 Å². The van der Waals surface area contributed by atoms with Gasteiger partial charge < -0.3 is 5.32 Å². The fourth-order valence-corrected chi connectivity index (χ4v) is 4.39. The van der Waals surface area contributed by atoms with E-state index in [1.807, 2.05) is 36.1 Å². The zero-order chi connectivity index (χ0) is 20.3. The van der Waals surface area contributed by atoms with Crippen LogP contribution in [0.15, 0.2) is 47.4 Å². The van der Waals surface area contributed by atoms with Gasteiger partial charge in [0.15, 0.2) is 11.6 Å². The Morgan fingerprint density at radius 3 is 2.25 bits per heavy atom. The van der Waals surface area contributed by atoms with Gasteiger partial charge in [0.2, 0.25) is 15.9 Å². The van der Waals surface area contributed by atoms with Crippen LogP contribution in [0.1, 0.15) is 5.56 Å². The highest BCUT2D eigenvalue weighted by Gasteiger charge is 2.29. The molecule has 2 aromatic carbocycles. The normalized spacial score (nSPS) is 16.1. The molecule has 0 bridgehead atoms. The molecule has 1 aliphatic heterocycles. The highest BCUT2D eigenvalue weighted by molar-refractivity contribution is 7.89. The Morgan fingerprint density at radius 1 is 1.00 bits per heavy atom. The van der Waals surface area contributed by atoms with Crippen molar-refractivity contribution >= 4 is 21.6 Å². The molecule has 1 aliphatic rings. The molecular weight excluding hydrogens is 388 g/mol. The first-order chi connectivity index (χ1) is 13.3. The first kappa shape index (κ1) is 20.4. The Bertz CT molecular complexity index is 957. The third kappa shape index (κ3) is 4.73. The van der Waals surface area contributed by atoms with Gasteiger partial charge in [-0.3, -0.25) is 9.69 Å². The Balaban J connectivity index is 1.55. The van der Waals surface area contributed by atoms with Gasteiger partial charge in [0, 0.05) is 31.9 Å². The maximum atomic E-state index is 13.4. The molecular formula is C19H21F2N3O3S. The minimum Gasteiger partial charge on any atom is -0.325 e. The van der Waals surface area contributed by atoms with Crippen LogP contribution in [0.2, 0.25) is 0 Å². The summed E-state index contributed by atoms with van der Waals surface area (Å²) in [6.07, 6.45) is 0. The van der Waals surface area contributed by atoms with E-state index in [9.17, 15) is 22.0 Å². The molecule has 0 aliphatic carbocycles. The van der Waals surface area contributed by atoms with Crippen molar-refractivity contribution in [2.45, 2.75) is 11.8 Å². The largest absolute Gasteiger partial charge is 0.325 e. The van der Waals surface area contributed by atoms with Gasteiger partial charge in [0.05, 0.1) is 11.4 Å². The number of piperazine rings is 1. The fraction of sp³-hybridized carbons (Fsp3) is 0.316. The van der Waals surface area contributed by atoms with Crippen LogP contribution in [0.4, 0.5) is 14.5 Å². The summed E-state index contributed by atoms with van der Waals surface area (Å²) in [6, 6.07) is 9.98. The molecule has 0 saturated carbocycles. The number of hydrogen-bond donors (Lipinski definition) is 1. The molecule has 1 saturated heterocycles. The van der Waals surface area contributed by atoms with Crippen LogP contribution in [0.5, 0.6) is 0 Å². The van der Waals surface area contributed by atoms with Gasteiger partial charge in [-0.1, -0.05) is 17.7 Å². The van der Waals surface area contributed by atoms with Crippen molar-refractivity contribution in [2.75, 3.05) is 38.0 Å². The number of anilines is 1. The Labute approximate surface area is 162 Å². The van der Waals surface area contributed by atoms with E-state index >= 15 is 0 Å². The van der Waals surface area contributed by atoms with E-state index in [0.717, 1.165) is 17.7 Å². The zero-order valence-electron chi connectivity index (χ0n) is 15.4. The number of nitrogens with one attached hydrogen (secondary N) is 1. The van der Waals surface area contributed by atoms with Crippen LogP contribution in [0.25, 0.3) is 0 Å². The average Bonchev–Trinajstić information content (AvgIpc) is 2.66. The maximum Gasteiger partial charge on any atom is 0.243 e. The fourth-order valence-electron chi connectivity index (χ4n) is 2.95. The van der Waals surface area contributed by atoms with Gasteiger partial charge in [-0.05, 0) is 37.3 Å². The molecule has 0 radical (unpaired) electrons. The van der Waals surface area contributed by atoms with Crippen LogP contribution >= 0.6 is 0 Å². The van der Waals surface area contributed by atoms with Gasteiger partial charge >= 0.3 is 0 Å². The smallest absolute Gasteiger partial charge is 0.243 e. The number of rotatable bonds is 5. The van der Waals surface area contributed by atoms with Crippen LogP contribution in [0, 0.1) is 18.6 Å². The summed E-state index contributed by atoms with van der Waals surface area (Å²) >= 11 is 0. The van der Waals surface area contributed by atoms with E-state index in [2.05, 4.69) is 5.32 Å². The molecule has 1 fully saturated rings. The summed E-state index contributed by atoms with van der Waals surface area (Å²) in [6.45, 7) is 3.17. The second-order valence-corrected chi connectivity index (χ2v) is 8.61. The Kier molecular flexibility index (Phi) is 6.07. The van der Waals surface area contributed by atoms with Crippen LogP contribution in [-0.2, 0) is 14.8 Å². The van der Waals surface area contributed by atoms with Crippen molar-refractivity contribution < 1.29 is 22.0 Å². The number of carbonyl (C=O) groups is 1. The summed E-state index contributed by atoms with van der Waals surface area (Å²) in [5.41, 5.74) is 1.80. The summed E-state index contributed by atoms with van der Waals surface area (Å²) < 4.78 is 52.8. The number of aryl methyl sites for hydroxylation is 1. The monoisotopic (exact) mass is 409 g/mol. The lowest BCUT2D eigenvalue weighted by Gasteiger charge is -2.33. The number of halogens is 2. The molecule has 0 spiro atoms. The average molecular weight is 409 g/mol. The van der Waals surface area contributed by atoms with E-state index in [4.69, 9.17) is 0 Å². The van der Waals surface area contributed by atoms with Gasteiger partial charge in [0.1, 0.15) is 0 Å². The summed E-state index contributed by atoms with van der Waals surface area (Å²) in [5.74, 6) is -2.48. The Morgan fingerprint density at radius 2 is 1.64 bits per heavy atom. The van der Waals surface area contributed by atoms with Crippen molar-refractivity contribution in [1.29, 1.82) is 0 Å². The van der Waals surface area contributed by atoms with Gasteiger partial charge in [0.25, 0.3) is 0 Å². The minimum atomic E-state index is -3.91. The lowest BCUT2D eigenvalue weighted by molar-refractivity contribution is -0.117. The van der Waals surface area contributed by atoms with Crippen molar-refractivity contribution in [2.24, 2.45) is 0 Å². The molecule has 1 heterocycles. The van der Waals surface area contributed by atoms with Gasteiger partial charge in [-0.15, -0.1) is 0 Å². The molecule has 2 aromatic rings. The van der Waals surface area contributed by atoms with E-state index in [-0.39, 0.29) is 30.4 Å². The van der Waals surface area contributed by atoms with Gasteiger partial charge in [-0.25, -0.2) is 17.2 Å². The number of carbonyl (C=O) groups excluding carboxylic acids is 1. The quantitative estimate of drug-likeness (QED) is 0.822. The second-order valence-electron chi connectivity index (χ2n) is 6.67. The van der Waals surface area contributed by atoms with Crippen LogP contribution < -0.4 is 5.32 Å². The van der Waals surface area contributed by atoms with Crippen molar-refractivity contribution in [3.63, 3.8) is 0 Å². The number of nitrogens with zero attached hydrogens (tertiary/aromatic N) is 2. The zero-order valence-corrected chi connectivity index (χ0v) is 16.2. The highest BCUT2D eigenvalue weighted by Crippen LogP contribution is 2.20.